The molecule has 0 saturated carbocycles. The molecule has 0 rings (SSSR count). The Balaban J connectivity index is 0. The molecule has 0 radical (unpaired) electrons. The first-order chi connectivity index (χ1) is 9.13. The van der Waals surface area contributed by atoms with Crippen molar-refractivity contribution in [3.63, 3.8) is 0 Å². The predicted octanol–water partition coefficient (Wildman–Crippen LogP) is -0.811. The first-order valence-corrected chi connectivity index (χ1v) is 5.36. The molecule has 0 unspecified atom stereocenters. The van der Waals surface area contributed by atoms with Crippen LogP contribution in [0.15, 0.2) is 23.9 Å². The van der Waals surface area contributed by atoms with Crippen LogP contribution in [-0.2, 0) is 14.4 Å². The van der Waals surface area contributed by atoms with Crippen LogP contribution < -0.4 is 11.5 Å². The number of hydrogen-bond acceptors (Lipinski definition) is 5. The molecule has 0 bridgehead atoms. The summed E-state index contributed by atoms with van der Waals surface area (Å²) >= 11 is 0. The molecule has 0 heterocycles. The molecule has 0 aliphatic heterocycles. The monoisotopic (exact) mass is 282 g/mol. The average Bonchev–Trinajstić information content (AvgIpc) is 2.25. The smallest absolute Gasteiger partial charge is 0.300 e. The summed E-state index contributed by atoms with van der Waals surface area (Å²) in [5.74, 6) is -4.08. The number of carboxylic acids is 1. The number of nitrogens with two attached hydrogens (primary N) is 2. The summed E-state index contributed by atoms with van der Waals surface area (Å²) in [6.45, 7) is 1.08. The molecular formula is C12H18N4O4. The van der Waals surface area contributed by atoms with Crippen molar-refractivity contribution in [3.8, 4) is 6.07 Å². The number of hydrogen-bond donors (Lipinski definition) is 3. The van der Waals surface area contributed by atoms with Gasteiger partial charge in [-0.25, -0.2) is 0 Å². The lowest BCUT2D eigenvalue weighted by molar-refractivity contribution is -0.134. The van der Waals surface area contributed by atoms with E-state index in [4.69, 9.17) is 26.6 Å². The van der Waals surface area contributed by atoms with Crippen LogP contribution in [0.2, 0.25) is 0 Å². The van der Waals surface area contributed by atoms with Crippen molar-refractivity contribution in [1.29, 1.82) is 5.26 Å². The zero-order valence-electron chi connectivity index (χ0n) is 11.5. The van der Waals surface area contributed by atoms with Gasteiger partial charge in [0, 0.05) is 21.0 Å². The third-order valence-corrected chi connectivity index (χ3v) is 1.67. The Morgan fingerprint density at radius 1 is 1.25 bits per heavy atom. The Morgan fingerprint density at radius 3 is 1.90 bits per heavy atom. The topological polar surface area (TPSA) is 151 Å². The third kappa shape index (κ3) is 10.3. The number of primary amides is 2. The molecular weight excluding hydrogens is 264 g/mol. The van der Waals surface area contributed by atoms with E-state index in [1.54, 1.807) is 31.3 Å². The Hall–Kier alpha value is -2.82. The number of carbonyl (C=O) groups is 3. The van der Waals surface area contributed by atoms with Gasteiger partial charge in [0.1, 0.15) is 0 Å². The van der Waals surface area contributed by atoms with E-state index in [0.29, 0.717) is 0 Å². The second kappa shape index (κ2) is 10.1. The van der Waals surface area contributed by atoms with Crippen LogP contribution in [0.3, 0.4) is 0 Å². The Bertz CT molecular complexity index is 443. The largest absolute Gasteiger partial charge is 0.481 e. The fourth-order valence-corrected chi connectivity index (χ4v) is 0.964. The van der Waals surface area contributed by atoms with E-state index in [2.05, 4.69) is 0 Å². The molecule has 110 valence electrons. The minimum Gasteiger partial charge on any atom is -0.481 e. The van der Waals surface area contributed by atoms with E-state index in [1.807, 2.05) is 0 Å². The lowest BCUT2D eigenvalue weighted by Crippen LogP contribution is -2.36. The van der Waals surface area contributed by atoms with Crippen LogP contribution in [0, 0.1) is 17.2 Å². The summed E-state index contributed by atoms with van der Waals surface area (Å²) in [6.07, 6.45) is 4.51. The molecule has 0 fully saturated rings. The van der Waals surface area contributed by atoms with Gasteiger partial charge < -0.3 is 21.5 Å². The molecule has 0 aliphatic carbocycles. The molecule has 2 amide bonds. The lowest BCUT2D eigenvalue weighted by atomic mass is 9.98. The number of nitriles is 1. The fourth-order valence-electron chi connectivity index (χ4n) is 0.964. The van der Waals surface area contributed by atoms with Crippen LogP contribution in [-0.4, -0.2) is 41.9 Å². The van der Waals surface area contributed by atoms with E-state index in [1.165, 1.54) is 12.2 Å². The van der Waals surface area contributed by atoms with E-state index >= 15 is 0 Å². The highest BCUT2D eigenvalue weighted by Gasteiger charge is 2.25. The minimum atomic E-state index is -1.38. The fraction of sp³-hybridized carbons (Fsp3) is 0.333. The first-order valence-electron chi connectivity index (χ1n) is 5.36. The maximum Gasteiger partial charge on any atom is 0.300 e. The minimum absolute atomic E-state index is 0.0712. The van der Waals surface area contributed by atoms with E-state index in [0.717, 1.165) is 6.92 Å². The maximum atomic E-state index is 10.9. The Morgan fingerprint density at radius 2 is 1.65 bits per heavy atom. The quantitative estimate of drug-likeness (QED) is 0.341. The molecule has 8 nitrogen and oxygen atoms in total. The number of nitrogens with zero attached hydrogens (tertiary/aromatic N) is 2. The first kappa shape index (κ1) is 19.5. The van der Waals surface area contributed by atoms with Gasteiger partial charge in [-0.3, -0.25) is 14.4 Å². The number of rotatable bonds is 5. The molecule has 0 spiro atoms. The molecule has 0 saturated heterocycles. The highest BCUT2D eigenvalue weighted by Crippen LogP contribution is 2.09. The molecule has 5 N–H and O–H groups in total. The van der Waals surface area contributed by atoms with Crippen LogP contribution in [0.25, 0.3) is 0 Å². The van der Waals surface area contributed by atoms with Gasteiger partial charge >= 0.3 is 0 Å². The van der Waals surface area contributed by atoms with Crippen molar-refractivity contribution in [3.05, 3.63) is 23.9 Å². The second-order valence-electron chi connectivity index (χ2n) is 3.80. The highest BCUT2D eigenvalue weighted by atomic mass is 16.4. The summed E-state index contributed by atoms with van der Waals surface area (Å²) in [7, 11) is 3.58. The predicted molar refractivity (Wildman–Crippen MR) is 71.7 cm³/mol. The normalized spacial score (nSPS) is 10.4. The van der Waals surface area contributed by atoms with Crippen molar-refractivity contribution in [2.45, 2.75) is 6.92 Å². The molecule has 0 aliphatic rings. The van der Waals surface area contributed by atoms with Crippen LogP contribution in [0.4, 0.5) is 0 Å². The van der Waals surface area contributed by atoms with E-state index < -0.39 is 23.7 Å². The van der Waals surface area contributed by atoms with Crippen molar-refractivity contribution in [2.24, 2.45) is 17.4 Å². The van der Waals surface area contributed by atoms with Gasteiger partial charge in [-0.1, -0.05) is 0 Å². The number of aliphatic carboxylic acids is 1. The molecule has 8 heteroatoms. The van der Waals surface area contributed by atoms with Gasteiger partial charge in [0.05, 0.1) is 11.6 Å². The van der Waals surface area contributed by atoms with Gasteiger partial charge in [-0.2, -0.15) is 5.26 Å². The molecule has 0 aromatic heterocycles. The summed E-state index contributed by atoms with van der Waals surface area (Å²) in [4.78, 5) is 32.6. The Labute approximate surface area is 116 Å². The Kier molecular flexibility index (Phi) is 9.89. The van der Waals surface area contributed by atoms with Crippen molar-refractivity contribution >= 4 is 17.8 Å². The number of carboxylic acid groups (broad SMARTS) is 1. The summed E-state index contributed by atoms with van der Waals surface area (Å²) in [5.41, 5.74) is 9.89. The molecule has 20 heavy (non-hydrogen) atoms. The second-order valence-corrected chi connectivity index (χ2v) is 3.80. The third-order valence-electron chi connectivity index (χ3n) is 1.67. The number of allylic oxidation sites excluding steroid dienone is 2. The van der Waals surface area contributed by atoms with Crippen molar-refractivity contribution < 1.29 is 19.5 Å². The standard InChI is InChI=1S/C10H14N4O2.C2H4O2/c1-14(2)5-3-4-7(6-11)8(9(12)15)10(13)16;1-2(3)4/h3-5,8H,1-2H3,(H2,12,15)(H2,13,16);1H3,(H,3,4). The van der Waals surface area contributed by atoms with Gasteiger partial charge in [-0.15, -0.1) is 0 Å². The zero-order valence-corrected chi connectivity index (χ0v) is 11.5. The number of carbonyl (C=O) groups excluding carboxylic acids is 2. The SMILES string of the molecule is CC(=O)O.CN(C)C=CC=C(C#N)C(C(N)=O)C(N)=O. The summed E-state index contributed by atoms with van der Waals surface area (Å²) < 4.78 is 0. The molecule has 0 aromatic rings. The number of amides is 2. The van der Waals surface area contributed by atoms with E-state index in [9.17, 15) is 9.59 Å². The average molecular weight is 282 g/mol. The van der Waals surface area contributed by atoms with Gasteiger partial charge in [0.15, 0.2) is 5.92 Å². The van der Waals surface area contributed by atoms with Gasteiger partial charge in [-0.05, 0) is 18.4 Å². The van der Waals surface area contributed by atoms with E-state index in [-0.39, 0.29) is 5.57 Å². The van der Waals surface area contributed by atoms with Crippen molar-refractivity contribution in [1.82, 2.24) is 4.90 Å². The van der Waals surface area contributed by atoms with Gasteiger partial charge in [0.25, 0.3) is 5.97 Å². The summed E-state index contributed by atoms with van der Waals surface area (Å²) in [5, 5.41) is 16.2. The molecule has 0 atom stereocenters. The molecule has 0 aromatic carbocycles. The zero-order chi connectivity index (χ0) is 16.3. The highest BCUT2D eigenvalue weighted by molar-refractivity contribution is 6.02. The lowest BCUT2D eigenvalue weighted by Gasteiger charge is -2.07. The summed E-state index contributed by atoms with van der Waals surface area (Å²) in [6, 6.07) is 1.73. The van der Waals surface area contributed by atoms with Crippen LogP contribution >= 0.6 is 0 Å². The van der Waals surface area contributed by atoms with Crippen LogP contribution in [0.5, 0.6) is 0 Å². The van der Waals surface area contributed by atoms with Gasteiger partial charge in [0.2, 0.25) is 11.8 Å². The maximum absolute atomic E-state index is 10.9. The van der Waals surface area contributed by atoms with Crippen molar-refractivity contribution in [2.75, 3.05) is 14.1 Å². The van der Waals surface area contributed by atoms with Crippen LogP contribution in [0.1, 0.15) is 6.92 Å².